The fourth-order valence-corrected chi connectivity index (χ4v) is 13.4. The van der Waals surface area contributed by atoms with Gasteiger partial charge in [0.1, 0.15) is 19.0 Å². The van der Waals surface area contributed by atoms with Crippen LogP contribution in [0.25, 0.3) is 0 Å². The summed E-state index contributed by atoms with van der Waals surface area (Å²) in [6, 6.07) is 0. The monoisotopic (exact) mass is 661 g/mol. The Balaban J connectivity index is 1.21. The zero-order chi connectivity index (χ0) is 34.9. The number of nitrogens with zero attached hydrogens (tertiary/aromatic N) is 1. The molecule has 1 aromatic rings. The molecule has 3 unspecified atom stereocenters. The zero-order valence-corrected chi connectivity index (χ0v) is 31.3. The number of carbonyl (C=O) groups is 2. The molecule has 6 nitrogen and oxygen atoms in total. The highest BCUT2D eigenvalue weighted by molar-refractivity contribution is 5.74. The molecule has 0 aliphatic heterocycles. The topological polar surface area (TPSA) is 78.6 Å². The van der Waals surface area contributed by atoms with Gasteiger partial charge in [-0.2, -0.15) is 0 Å². The van der Waals surface area contributed by atoms with E-state index in [0.29, 0.717) is 29.6 Å². The molecule has 0 amide bonds. The lowest BCUT2D eigenvalue weighted by atomic mass is 9.32. The van der Waals surface area contributed by atoms with Gasteiger partial charge in [0.05, 0.1) is 24.5 Å². The Bertz CT molecular complexity index is 1410. The molecule has 0 spiro atoms. The van der Waals surface area contributed by atoms with Crippen LogP contribution in [0.1, 0.15) is 138 Å². The second kappa shape index (κ2) is 12.1. The summed E-state index contributed by atoms with van der Waals surface area (Å²) in [4.78, 5) is 30.5. The van der Waals surface area contributed by atoms with Gasteiger partial charge in [0.25, 0.3) is 0 Å². The third-order valence-corrected chi connectivity index (χ3v) is 15.7. The summed E-state index contributed by atoms with van der Waals surface area (Å²) in [5, 5.41) is 0. The smallest absolute Gasteiger partial charge is 0.306 e. The molecule has 6 rings (SSSR count). The van der Waals surface area contributed by atoms with Crippen LogP contribution in [0.15, 0.2) is 41.7 Å². The number of hydrogen-bond donors (Lipinski definition) is 0. The predicted octanol–water partition coefficient (Wildman–Crippen LogP) is 10.0. The average Bonchev–Trinajstić information content (AvgIpc) is 3.67. The normalized spacial score (nSPS) is 41.6. The number of oxazole rings is 1. The van der Waals surface area contributed by atoms with Crippen molar-refractivity contribution in [1.29, 1.82) is 0 Å². The molecular weight excluding hydrogens is 598 g/mol. The fourth-order valence-electron chi connectivity index (χ4n) is 13.4. The van der Waals surface area contributed by atoms with Gasteiger partial charge in [-0.3, -0.25) is 9.59 Å². The van der Waals surface area contributed by atoms with E-state index in [4.69, 9.17) is 18.9 Å². The lowest BCUT2D eigenvalue weighted by Crippen LogP contribution is -2.67. The maximum Gasteiger partial charge on any atom is 0.306 e. The highest BCUT2D eigenvalue weighted by Crippen LogP contribution is 2.77. The molecule has 5 fully saturated rings. The van der Waals surface area contributed by atoms with Crippen LogP contribution in [0.5, 0.6) is 0 Å². The number of aromatic nitrogens is 1. The van der Waals surface area contributed by atoms with Gasteiger partial charge in [0.2, 0.25) is 0 Å². The van der Waals surface area contributed by atoms with Crippen LogP contribution in [0, 0.1) is 56.7 Å². The zero-order valence-electron chi connectivity index (χ0n) is 31.3. The Kier molecular flexibility index (Phi) is 8.97. The van der Waals surface area contributed by atoms with Crippen LogP contribution >= 0.6 is 0 Å². The molecule has 0 aromatic carbocycles. The summed E-state index contributed by atoms with van der Waals surface area (Å²) in [5.41, 5.74) is 1.40. The van der Waals surface area contributed by atoms with Crippen molar-refractivity contribution in [3.8, 4) is 0 Å². The van der Waals surface area contributed by atoms with Crippen LogP contribution in [0.3, 0.4) is 0 Å². The van der Waals surface area contributed by atoms with E-state index in [9.17, 15) is 9.59 Å². The summed E-state index contributed by atoms with van der Waals surface area (Å²) in [7, 11) is 0. The van der Waals surface area contributed by atoms with Crippen molar-refractivity contribution >= 4 is 11.9 Å². The summed E-state index contributed by atoms with van der Waals surface area (Å²) < 4.78 is 17.7. The van der Waals surface area contributed by atoms with E-state index < -0.39 is 5.41 Å². The Morgan fingerprint density at radius 3 is 2.33 bits per heavy atom. The van der Waals surface area contributed by atoms with Crippen molar-refractivity contribution < 1.29 is 23.5 Å². The number of rotatable bonds is 9. The lowest BCUT2D eigenvalue weighted by molar-refractivity contribution is -0.246. The second-order valence-corrected chi connectivity index (χ2v) is 19.0. The minimum absolute atomic E-state index is 0.0337. The Morgan fingerprint density at radius 1 is 0.938 bits per heavy atom. The van der Waals surface area contributed by atoms with E-state index in [1.165, 1.54) is 44.1 Å². The molecule has 5 aliphatic rings. The molecule has 1 aromatic heterocycles. The third-order valence-electron chi connectivity index (χ3n) is 15.7. The van der Waals surface area contributed by atoms with E-state index in [1.807, 2.05) is 20.0 Å². The first kappa shape index (κ1) is 35.5. The molecule has 1 heterocycles. The predicted molar refractivity (Wildman–Crippen MR) is 189 cm³/mol. The van der Waals surface area contributed by atoms with Gasteiger partial charge in [-0.25, -0.2) is 4.98 Å². The van der Waals surface area contributed by atoms with Gasteiger partial charge in [-0.1, -0.05) is 73.3 Å². The molecule has 6 heteroatoms. The van der Waals surface area contributed by atoms with Crippen molar-refractivity contribution in [2.75, 3.05) is 6.61 Å². The number of allylic oxidation sites excluding steroid dienone is 1. The molecular formula is C42H63NO5. The van der Waals surface area contributed by atoms with E-state index in [2.05, 4.69) is 54.7 Å². The van der Waals surface area contributed by atoms with Crippen LogP contribution in [0.2, 0.25) is 0 Å². The van der Waals surface area contributed by atoms with Crippen molar-refractivity contribution in [3.63, 3.8) is 0 Å². The Labute approximate surface area is 290 Å². The Morgan fingerprint density at radius 2 is 1.67 bits per heavy atom. The highest BCUT2D eigenvalue weighted by atomic mass is 16.5. The minimum atomic E-state index is -0.531. The van der Waals surface area contributed by atoms with Crippen molar-refractivity contribution in [2.24, 2.45) is 56.7 Å². The van der Waals surface area contributed by atoms with Gasteiger partial charge < -0.3 is 13.9 Å². The first-order chi connectivity index (χ1) is 22.4. The maximum absolute atomic E-state index is 13.4. The fraction of sp³-hybridized carbons (Fsp3) is 0.786. The van der Waals surface area contributed by atoms with Crippen molar-refractivity contribution in [1.82, 2.24) is 4.98 Å². The van der Waals surface area contributed by atoms with Gasteiger partial charge in [0.15, 0.2) is 5.89 Å². The first-order valence-corrected chi connectivity index (χ1v) is 19.0. The van der Waals surface area contributed by atoms with Gasteiger partial charge >= 0.3 is 11.9 Å². The van der Waals surface area contributed by atoms with Crippen LogP contribution < -0.4 is 0 Å². The SMILES string of the molecule is C=CCOC(=O)CC(C)(C)CC(=O)O[C@H]1CC[C@@]2(C)C(CC[C@]3(C)C2CC[C@@H]2C4[C@H](C(=C)C)CC[C@]4(c4ncco4)CC[C@]23C)C1(C)C. The van der Waals surface area contributed by atoms with Crippen molar-refractivity contribution in [2.45, 2.75) is 144 Å². The number of esters is 2. The summed E-state index contributed by atoms with van der Waals surface area (Å²) in [6.45, 7) is 27.2. The largest absolute Gasteiger partial charge is 0.462 e. The van der Waals surface area contributed by atoms with E-state index >= 15 is 0 Å². The highest BCUT2D eigenvalue weighted by Gasteiger charge is 2.72. The third kappa shape index (κ3) is 5.36. The standard InChI is InChI=1S/C42H63NO5/c1-11-23-46-33(44)25-37(4,5)26-34(45)48-32-16-17-39(8)30(38(32,6)7)15-18-41(10)31(39)13-12-29-35-28(27(2)3)14-19-42(35,21-20-40(29,41)9)36-43-22-24-47-36/h11,22,24,28-32,35H,1-2,12-21,23,25-26H2,3-10H3/t28-,29+,30?,31?,32-,35?,39-,40+,41+,42-/m0/s1. The molecule has 5 saturated carbocycles. The Hall–Kier alpha value is -2.37. The van der Waals surface area contributed by atoms with E-state index in [0.717, 1.165) is 31.6 Å². The van der Waals surface area contributed by atoms with Crippen LogP contribution in [-0.4, -0.2) is 29.6 Å². The molecule has 0 bridgehead atoms. The number of ether oxygens (including phenoxy) is 2. The van der Waals surface area contributed by atoms with Crippen LogP contribution in [-0.2, 0) is 24.5 Å². The maximum atomic E-state index is 13.4. The lowest BCUT2D eigenvalue weighted by Gasteiger charge is -2.72. The van der Waals surface area contributed by atoms with E-state index in [1.54, 1.807) is 12.3 Å². The summed E-state index contributed by atoms with van der Waals surface area (Å²) in [5.74, 6) is 3.29. The molecule has 266 valence electrons. The quantitative estimate of drug-likeness (QED) is 0.194. The van der Waals surface area contributed by atoms with E-state index in [-0.39, 0.29) is 64.6 Å². The second-order valence-electron chi connectivity index (χ2n) is 19.0. The molecule has 10 atom stereocenters. The number of hydrogen-bond acceptors (Lipinski definition) is 6. The van der Waals surface area contributed by atoms with Gasteiger partial charge in [-0.15, -0.1) is 0 Å². The van der Waals surface area contributed by atoms with Crippen molar-refractivity contribution in [3.05, 3.63) is 43.2 Å². The summed E-state index contributed by atoms with van der Waals surface area (Å²) in [6.07, 6.45) is 17.1. The number of carbonyl (C=O) groups excluding carboxylic acids is 2. The van der Waals surface area contributed by atoms with Gasteiger partial charge in [0, 0.05) is 5.41 Å². The molecule has 0 radical (unpaired) electrons. The molecule has 5 aliphatic carbocycles. The minimum Gasteiger partial charge on any atom is -0.462 e. The first-order valence-electron chi connectivity index (χ1n) is 19.0. The molecule has 0 saturated heterocycles. The number of fused-ring (bicyclic) bond motifs is 7. The average molecular weight is 662 g/mol. The molecule has 0 N–H and O–H groups in total. The van der Waals surface area contributed by atoms with Gasteiger partial charge in [-0.05, 0) is 122 Å². The van der Waals surface area contributed by atoms with Crippen LogP contribution in [0.4, 0.5) is 0 Å². The summed E-state index contributed by atoms with van der Waals surface area (Å²) >= 11 is 0. The molecule has 48 heavy (non-hydrogen) atoms.